The highest BCUT2D eigenvalue weighted by molar-refractivity contribution is 5.12. The Morgan fingerprint density at radius 3 is 2.07 bits per heavy atom. The highest BCUT2D eigenvalue weighted by Crippen LogP contribution is 2.69. The first-order valence-corrected chi connectivity index (χ1v) is 12.6. The van der Waals surface area contributed by atoms with Crippen LogP contribution < -0.4 is 0 Å². The molecule has 1 spiro atoms. The first-order valence-electron chi connectivity index (χ1n) is 12.6. The van der Waals surface area contributed by atoms with Crippen molar-refractivity contribution in [1.29, 1.82) is 0 Å². The van der Waals surface area contributed by atoms with Crippen molar-refractivity contribution >= 4 is 0 Å². The van der Waals surface area contributed by atoms with Gasteiger partial charge in [0, 0.05) is 17.3 Å². The molecule has 0 aromatic rings. The number of hydrogen-bond acceptors (Lipinski definition) is 2. The van der Waals surface area contributed by atoms with Crippen molar-refractivity contribution in [3.63, 3.8) is 0 Å². The van der Waals surface area contributed by atoms with Gasteiger partial charge in [0.15, 0.2) is 5.79 Å². The molecule has 0 amide bonds. The van der Waals surface area contributed by atoms with Gasteiger partial charge < -0.3 is 9.47 Å². The van der Waals surface area contributed by atoms with E-state index in [1.807, 2.05) is 13.8 Å². The van der Waals surface area contributed by atoms with E-state index in [2.05, 4.69) is 27.7 Å². The van der Waals surface area contributed by atoms with Crippen LogP contribution >= 0.6 is 0 Å². The molecule has 0 radical (unpaired) electrons. The minimum Gasteiger partial charge on any atom is -0.349 e. The molecular formula is C26H46O2. The molecule has 6 atom stereocenters. The van der Waals surface area contributed by atoms with E-state index in [9.17, 15) is 0 Å². The average Bonchev–Trinajstić information content (AvgIpc) is 2.98. The van der Waals surface area contributed by atoms with E-state index in [0.717, 1.165) is 43.3 Å². The Bertz CT molecular complexity index is 559. The van der Waals surface area contributed by atoms with Gasteiger partial charge in [0.1, 0.15) is 0 Å². The molecule has 162 valence electrons. The fraction of sp³-hybridized carbons (Fsp3) is 1.00. The third-order valence-electron chi connectivity index (χ3n) is 10.0. The summed E-state index contributed by atoms with van der Waals surface area (Å²) in [7, 11) is 0. The number of hydrogen-bond donors (Lipinski definition) is 0. The zero-order chi connectivity index (χ0) is 20.2. The highest BCUT2D eigenvalue weighted by atomic mass is 16.7. The fourth-order valence-corrected chi connectivity index (χ4v) is 8.43. The van der Waals surface area contributed by atoms with Crippen LogP contribution in [0.5, 0.6) is 0 Å². The summed E-state index contributed by atoms with van der Waals surface area (Å²) in [6.45, 7) is 15.5. The maximum absolute atomic E-state index is 6.60. The predicted molar refractivity (Wildman–Crippen MR) is 116 cm³/mol. The summed E-state index contributed by atoms with van der Waals surface area (Å²) in [5, 5.41) is 0. The Kier molecular flexibility index (Phi) is 5.49. The smallest absolute Gasteiger partial charge is 0.173 e. The fourth-order valence-electron chi connectivity index (χ4n) is 8.43. The van der Waals surface area contributed by atoms with Crippen LogP contribution in [-0.4, -0.2) is 19.0 Å². The largest absolute Gasteiger partial charge is 0.349 e. The summed E-state index contributed by atoms with van der Waals surface area (Å²) >= 11 is 0. The number of fused-ring (bicyclic) bond motifs is 6. The van der Waals surface area contributed by atoms with Crippen molar-refractivity contribution in [2.75, 3.05) is 13.2 Å². The van der Waals surface area contributed by atoms with Gasteiger partial charge in [0.05, 0.1) is 13.2 Å². The lowest BCUT2D eigenvalue weighted by Crippen LogP contribution is -2.60. The van der Waals surface area contributed by atoms with Gasteiger partial charge >= 0.3 is 0 Å². The topological polar surface area (TPSA) is 18.5 Å². The van der Waals surface area contributed by atoms with Gasteiger partial charge in [-0.05, 0) is 74.0 Å². The summed E-state index contributed by atoms with van der Waals surface area (Å²) < 4.78 is 13.2. The lowest BCUT2D eigenvalue weighted by molar-refractivity contribution is -0.348. The third-order valence-corrected chi connectivity index (χ3v) is 10.0. The van der Waals surface area contributed by atoms with Crippen molar-refractivity contribution in [2.24, 2.45) is 39.9 Å². The molecule has 0 aromatic heterocycles. The van der Waals surface area contributed by atoms with Crippen LogP contribution in [0.4, 0.5) is 0 Å². The van der Waals surface area contributed by atoms with Crippen molar-refractivity contribution in [3.05, 3.63) is 0 Å². The van der Waals surface area contributed by atoms with Gasteiger partial charge in [-0.2, -0.15) is 0 Å². The quantitative estimate of drug-likeness (QED) is 0.435. The average molecular weight is 391 g/mol. The third kappa shape index (κ3) is 2.95. The van der Waals surface area contributed by atoms with Crippen LogP contribution in [0.2, 0.25) is 0 Å². The summed E-state index contributed by atoms with van der Waals surface area (Å²) in [6.07, 6.45) is 14.1. The standard InChI is InChI=1S/C24H40O2.C2H6/c1-21(2)15-25-24(26-16-21)14-11-20-18-9-8-17-7-5-6-12-22(17,3)19(18)10-13-23(20,24)4;1-2/h17-20H,5-16H2,1-4H3;1-2H3. The molecule has 0 N–H and O–H groups in total. The SMILES string of the molecule is CC.CC1(C)COC2(CCC3C4CCC5CCCCC5(C)C4CCC32C)OC1. The molecule has 4 aliphatic carbocycles. The second-order valence-electron chi connectivity index (χ2n) is 11.9. The summed E-state index contributed by atoms with van der Waals surface area (Å²) in [4.78, 5) is 0. The molecule has 1 heterocycles. The zero-order valence-corrected chi connectivity index (χ0v) is 19.6. The molecule has 5 rings (SSSR count). The van der Waals surface area contributed by atoms with E-state index in [0.29, 0.717) is 5.41 Å². The maximum Gasteiger partial charge on any atom is 0.173 e. The summed E-state index contributed by atoms with van der Waals surface area (Å²) in [5.74, 6) is 3.45. The molecule has 0 bridgehead atoms. The zero-order valence-electron chi connectivity index (χ0n) is 19.6. The Morgan fingerprint density at radius 1 is 0.679 bits per heavy atom. The van der Waals surface area contributed by atoms with Crippen LogP contribution in [0.3, 0.4) is 0 Å². The Balaban J connectivity index is 0.000000932. The van der Waals surface area contributed by atoms with Crippen molar-refractivity contribution in [1.82, 2.24) is 0 Å². The molecule has 5 aliphatic rings. The van der Waals surface area contributed by atoms with Crippen LogP contribution in [0.15, 0.2) is 0 Å². The Labute approximate surface area is 174 Å². The molecule has 2 nitrogen and oxygen atoms in total. The molecular weight excluding hydrogens is 344 g/mol. The van der Waals surface area contributed by atoms with Gasteiger partial charge in [-0.1, -0.05) is 54.4 Å². The molecule has 6 unspecified atom stereocenters. The monoisotopic (exact) mass is 390 g/mol. The minimum atomic E-state index is -0.275. The van der Waals surface area contributed by atoms with Gasteiger partial charge in [-0.3, -0.25) is 0 Å². The van der Waals surface area contributed by atoms with Gasteiger partial charge in [-0.15, -0.1) is 0 Å². The van der Waals surface area contributed by atoms with E-state index >= 15 is 0 Å². The van der Waals surface area contributed by atoms with Crippen LogP contribution in [0.25, 0.3) is 0 Å². The van der Waals surface area contributed by atoms with Crippen LogP contribution in [-0.2, 0) is 9.47 Å². The lowest BCUT2D eigenvalue weighted by atomic mass is 9.45. The minimum absolute atomic E-state index is 0.171. The van der Waals surface area contributed by atoms with Crippen LogP contribution in [0.1, 0.15) is 106 Å². The van der Waals surface area contributed by atoms with E-state index in [4.69, 9.17) is 9.47 Å². The van der Waals surface area contributed by atoms with Gasteiger partial charge in [0.2, 0.25) is 0 Å². The molecule has 0 aromatic carbocycles. The van der Waals surface area contributed by atoms with Gasteiger partial charge in [0.25, 0.3) is 0 Å². The van der Waals surface area contributed by atoms with E-state index in [-0.39, 0.29) is 16.6 Å². The number of rotatable bonds is 0. The summed E-state index contributed by atoms with van der Waals surface area (Å²) in [6, 6.07) is 0. The Morgan fingerprint density at radius 2 is 1.36 bits per heavy atom. The molecule has 1 saturated heterocycles. The predicted octanol–water partition coefficient (Wildman–Crippen LogP) is 7.21. The van der Waals surface area contributed by atoms with E-state index in [1.165, 1.54) is 57.8 Å². The molecule has 4 saturated carbocycles. The first-order chi connectivity index (χ1) is 13.3. The summed E-state index contributed by atoms with van der Waals surface area (Å²) in [5.41, 5.74) is 1.04. The second-order valence-corrected chi connectivity index (χ2v) is 11.9. The first kappa shape index (κ1) is 21.2. The second kappa shape index (κ2) is 7.26. The van der Waals surface area contributed by atoms with Crippen LogP contribution in [0, 0.1) is 39.9 Å². The highest BCUT2D eigenvalue weighted by Gasteiger charge is 2.67. The number of ether oxygens (including phenoxy) is 2. The van der Waals surface area contributed by atoms with Crippen molar-refractivity contribution < 1.29 is 9.47 Å². The Hall–Kier alpha value is -0.0800. The van der Waals surface area contributed by atoms with Crippen molar-refractivity contribution in [2.45, 2.75) is 112 Å². The normalized spacial score (nSPS) is 48.6. The van der Waals surface area contributed by atoms with Gasteiger partial charge in [-0.25, -0.2) is 0 Å². The maximum atomic E-state index is 6.60. The molecule has 28 heavy (non-hydrogen) atoms. The van der Waals surface area contributed by atoms with E-state index in [1.54, 1.807) is 0 Å². The lowest BCUT2D eigenvalue weighted by Gasteiger charge is -2.62. The van der Waals surface area contributed by atoms with E-state index < -0.39 is 0 Å². The molecule has 1 aliphatic heterocycles. The van der Waals surface area contributed by atoms with Crippen molar-refractivity contribution in [3.8, 4) is 0 Å². The molecule has 2 heteroatoms. The molecule has 5 fully saturated rings.